The monoisotopic (exact) mass is 234 g/mol. The first-order chi connectivity index (χ1) is 6.63. The smallest absolute Gasteiger partial charge is 0.351 e. The number of ether oxygens (including phenoxy) is 1. The van der Waals surface area contributed by atoms with Crippen LogP contribution >= 0.6 is 23.4 Å². The summed E-state index contributed by atoms with van der Waals surface area (Å²) in [4.78, 5) is 11.4. The van der Waals surface area contributed by atoms with E-state index in [2.05, 4.69) is 4.74 Å². The highest BCUT2D eigenvalue weighted by Crippen LogP contribution is 2.26. The molecule has 0 fully saturated rings. The third-order valence-corrected chi connectivity index (χ3v) is 2.64. The number of alkyl halides is 1. The first kappa shape index (κ1) is 11.3. The summed E-state index contributed by atoms with van der Waals surface area (Å²) < 4.78 is 17.3. The molecular formula is C9H8ClFO2S. The molecule has 0 aliphatic heterocycles. The van der Waals surface area contributed by atoms with Crippen molar-refractivity contribution in [1.82, 2.24) is 0 Å². The lowest BCUT2D eigenvalue weighted by Crippen LogP contribution is -2.12. The number of thioether (sulfide) groups is 1. The first-order valence-electron chi connectivity index (χ1n) is 3.77. The predicted octanol–water partition coefficient (Wildman–Crippen LogP) is 2.90. The lowest BCUT2D eigenvalue weighted by Gasteiger charge is -2.05. The number of methoxy groups -OCH3 is 1. The Bertz CT molecular complexity index is 315. The Morgan fingerprint density at radius 3 is 2.57 bits per heavy atom. The van der Waals surface area contributed by atoms with E-state index < -0.39 is 11.5 Å². The number of hydrogen-bond donors (Lipinski definition) is 0. The Kier molecular flexibility index (Phi) is 4.22. The largest absolute Gasteiger partial charge is 0.466 e. The van der Waals surface area contributed by atoms with Crippen molar-refractivity contribution in [3.05, 3.63) is 29.3 Å². The van der Waals surface area contributed by atoms with Crippen molar-refractivity contribution >= 4 is 29.3 Å². The lowest BCUT2D eigenvalue weighted by molar-refractivity contribution is -0.142. The van der Waals surface area contributed by atoms with Crippen LogP contribution in [0.15, 0.2) is 29.2 Å². The van der Waals surface area contributed by atoms with Gasteiger partial charge >= 0.3 is 5.97 Å². The Morgan fingerprint density at radius 2 is 2.07 bits per heavy atom. The summed E-state index contributed by atoms with van der Waals surface area (Å²) in [5.74, 6) is -0.884. The van der Waals surface area contributed by atoms with E-state index in [1.807, 2.05) is 0 Å². The fourth-order valence-electron chi connectivity index (χ4n) is 0.773. The maximum atomic E-state index is 13.0. The Balaban J connectivity index is 2.60. The SMILES string of the molecule is COC(=O)C(F)Sc1ccc(Cl)cc1. The van der Waals surface area contributed by atoms with Crippen LogP contribution in [0.3, 0.4) is 0 Å². The molecule has 1 rings (SSSR count). The van der Waals surface area contributed by atoms with Gasteiger partial charge < -0.3 is 4.74 Å². The van der Waals surface area contributed by atoms with Crippen molar-refractivity contribution in [2.24, 2.45) is 0 Å². The van der Waals surface area contributed by atoms with Gasteiger partial charge in [0, 0.05) is 9.92 Å². The summed E-state index contributed by atoms with van der Waals surface area (Å²) in [6.45, 7) is 0. The molecule has 0 bridgehead atoms. The summed E-state index contributed by atoms with van der Waals surface area (Å²) in [6.07, 6.45) is 0. The maximum absolute atomic E-state index is 13.0. The molecular weight excluding hydrogens is 227 g/mol. The average Bonchev–Trinajstić information content (AvgIpc) is 2.20. The van der Waals surface area contributed by atoms with E-state index in [9.17, 15) is 9.18 Å². The molecule has 0 saturated carbocycles. The van der Waals surface area contributed by atoms with Crippen LogP contribution < -0.4 is 0 Å². The van der Waals surface area contributed by atoms with Crippen molar-refractivity contribution in [2.45, 2.75) is 10.4 Å². The number of hydrogen-bond acceptors (Lipinski definition) is 3. The van der Waals surface area contributed by atoms with Gasteiger partial charge in [0.05, 0.1) is 7.11 Å². The van der Waals surface area contributed by atoms with Gasteiger partial charge in [0.2, 0.25) is 5.50 Å². The fraction of sp³-hybridized carbons (Fsp3) is 0.222. The number of carbonyl (C=O) groups is 1. The van der Waals surface area contributed by atoms with Crippen LogP contribution in [0.1, 0.15) is 0 Å². The molecule has 0 aliphatic carbocycles. The molecule has 1 atom stereocenters. The molecule has 1 aromatic rings. The van der Waals surface area contributed by atoms with Crippen LogP contribution in [0.2, 0.25) is 5.02 Å². The minimum absolute atomic E-state index is 0.572. The van der Waals surface area contributed by atoms with Crippen molar-refractivity contribution < 1.29 is 13.9 Å². The third-order valence-electron chi connectivity index (χ3n) is 1.44. The topological polar surface area (TPSA) is 26.3 Å². The molecule has 76 valence electrons. The quantitative estimate of drug-likeness (QED) is 0.594. The second-order valence-corrected chi connectivity index (χ2v) is 3.97. The highest BCUT2D eigenvalue weighted by atomic mass is 35.5. The number of carbonyl (C=O) groups excluding carboxylic acids is 1. The average molecular weight is 235 g/mol. The third kappa shape index (κ3) is 3.20. The van der Waals surface area contributed by atoms with Crippen LogP contribution in [0.25, 0.3) is 0 Å². The fourth-order valence-corrected chi connectivity index (χ4v) is 1.62. The number of esters is 1. The van der Waals surface area contributed by atoms with Crippen LogP contribution in [0, 0.1) is 0 Å². The minimum atomic E-state index is -1.69. The van der Waals surface area contributed by atoms with Gasteiger partial charge in [0.25, 0.3) is 0 Å². The molecule has 0 saturated heterocycles. The van der Waals surface area contributed by atoms with Gasteiger partial charge in [-0.2, -0.15) is 0 Å². The summed E-state index contributed by atoms with van der Waals surface area (Å²) >= 11 is 6.43. The van der Waals surface area contributed by atoms with E-state index in [0.717, 1.165) is 18.9 Å². The zero-order valence-corrected chi connectivity index (χ0v) is 8.94. The standard InChI is InChI=1S/C9H8ClFO2S/c1-13-9(12)8(11)14-7-4-2-6(10)3-5-7/h2-5,8H,1H3. The van der Waals surface area contributed by atoms with Crippen LogP contribution in [0.5, 0.6) is 0 Å². The number of benzene rings is 1. The molecule has 1 aromatic carbocycles. The van der Waals surface area contributed by atoms with Gasteiger partial charge in [-0.15, -0.1) is 0 Å². The molecule has 0 radical (unpaired) electrons. The minimum Gasteiger partial charge on any atom is -0.466 e. The normalized spacial score (nSPS) is 12.2. The highest BCUT2D eigenvalue weighted by Gasteiger charge is 2.18. The predicted molar refractivity (Wildman–Crippen MR) is 54.2 cm³/mol. The second-order valence-electron chi connectivity index (χ2n) is 2.41. The zero-order chi connectivity index (χ0) is 10.6. The van der Waals surface area contributed by atoms with Gasteiger partial charge in [-0.05, 0) is 24.3 Å². The van der Waals surface area contributed by atoms with E-state index in [1.165, 1.54) is 0 Å². The summed E-state index contributed by atoms with van der Waals surface area (Å²) in [5.41, 5.74) is -1.69. The van der Waals surface area contributed by atoms with Crippen molar-refractivity contribution in [3.8, 4) is 0 Å². The van der Waals surface area contributed by atoms with Gasteiger partial charge in [0.15, 0.2) is 0 Å². The molecule has 0 heterocycles. The Labute approximate surface area is 90.4 Å². The van der Waals surface area contributed by atoms with Gasteiger partial charge in [-0.1, -0.05) is 23.4 Å². The second kappa shape index (κ2) is 5.22. The molecule has 0 spiro atoms. The summed E-state index contributed by atoms with van der Waals surface area (Å²) in [7, 11) is 1.15. The van der Waals surface area contributed by atoms with Gasteiger partial charge in [-0.25, -0.2) is 9.18 Å². The van der Waals surface area contributed by atoms with Crippen LogP contribution in [-0.2, 0) is 9.53 Å². The molecule has 1 unspecified atom stereocenters. The Hall–Kier alpha value is -0.740. The van der Waals surface area contributed by atoms with Gasteiger partial charge in [0.1, 0.15) is 0 Å². The van der Waals surface area contributed by atoms with E-state index in [4.69, 9.17) is 11.6 Å². The lowest BCUT2D eigenvalue weighted by atomic mass is 10.4. The van der Waals surface area contributed by atoms with E-state index in [-0.39, 0.29) is 0 Å². The number of halogens is 2. The molecule has 14 heavy (non-hydrogen) atoms. The number of rotatable bonds is 3. The molecule has 5 heteroatoms. The maximum Gasteiger partial charge on any atom is 0.351 e. The molecule has 0 aromatic heterocycles. The first-order valence-corrected chi connectivity index (χ1v) is 5.03. The Morgan fingerprint density at radius 1 is 1.50 bits per heavy atom. The van der Waals surface area contributed by atoms with Crippen molar-refractivity contribution in [3.63, 3.8) is 0 Å². The van der Waals surface area contributed by atoms with E-state index in [1.54, 1.807) is 24.3 Å². The zero-order valence-electron chi connectivity index (χ0n) is 7.37. The van der Waals surface area contributed by atoms with Crippen molar-refractivity contribution in [2.75, 3.05) is 7.11 Å². The molecule has 0 aliphatic rings. The van der Waals surface area contributed by atoms with E-state index >= 15 is 0 Å². The van der Waals surface area contributed by atoms with Gasteiger partial charge in [-0.3, -0.25) is 0 Å². The molecule has 0 N–H and O–H groups in total. The van der Waals surface area contributed by atoms with Crippen molar-refractivity contribution in [1.29, 1.82) is 0 Å². The van der Waals surface area contributed by atoms with Crippen LogP contribution in [-0.4, -0.2) is 18.6 Å². The van der Waals surface area contributed by atoms with E-state index in [0.29, 0.717) is 9.92 Å². The molecule has 2 nitrogen and oxygen atoms in total. The summed E-state index contributed by atoms with van der Waals surface area (Å²) in [5, 5.41) is 0.572. The van der Waals surface area contributed by atoms with Crippen LogP contribution in [0.4, 0.5) is 4.39 Å². The molecule has 0 amide bonds. The highest BCUT2D eigenvalue weighted by molar-refractivity contribution is 8.00. The summed E-state index contributed by atoms with van der Waals surface area (Å²) in [6, 6.07) is 6.55.